The van der Waals surface area contributed by atoms with Crippen LogP contribution in [0.4, 0.5) is 0 Å². The SMILES string of the molecule is COc1ccc2[nH]cc(CC(=O)N3CCC[C@H]3C(=O)O)c2c1. The van der Waals surface area contributed by atoms with Gasteiger partial charge in [0, 0.05) is 23.6 Å². The predicted molar refractivity (Wildman–Crippen MR) is 80.9 cm³/mol. The van der Waals surface area contributed by atoms with E-state index in [0.29, 0.717) is 13.0 Å². The average molecular weight is 302 g/mol. The van der Waals surface area contributed by atoms with Crippen LogP contribution in [0.3, 0.4) is 0 Å². The Bertz CT molecular complexity index is 722. The highest BCUT2D eigenvalue weighted by atomic mass is 16.5. The first-order valence-corrected chi connectivity index (χ1v) is 7.26. The Kier molecular flexibility index (Phi) is 3.75. The number of carbonyl (C=O) groups is 2. The van der Waals surface area contributed by atoms with Crippen molar-refractivity contribution in [1.29, 1.82) is 0 Å². The number of nitrogens with one attached hydrogen (secondary N) is 1. The maximum atomic E-state index is 12.4. The van der Waals surface area contributed by atoms with Crippen LogP contribution >= 0.6 is 0 Å². The van der Waals surface area contributed by atoms with Crippen LogP contribution in [0.15, 0.2) is 24.4 Å². The van der Waals surface area contributed by atoms with Crippen LogP contribution in [-0.2, 0) is 16.0 Å². The zero-order valence-electron chi connectivity index (χ0n) is 12.3. The third-order valence-corrected chi connectivity index (χ3v) is 4.17. The molecular weight excluding hydrogens is 284 g/mol. The largest absolute Gasteiger partial charge is 0.497 e. The van der Waals surface area contributed by atoms with Crippen LogP contribution in [0.5, 0.6) is 5.75 Å². The van der Waals surface area contributed by atoms with Crippen molar-refractivity contribution in [3.63, 3.8) is 0 Å². The summed E-state index contributed by atoms with van der Waals surface area (Å²) in [6.07, 6.45) is 3.26. The average Bonchev–Trinajstić information content (AvgIpc) is 3.14. The van der Waals surface area contributed by atoms with Crippen molar-refractivity contribution in [2.24, 2.45) is 0 Å². The lowest BCUT2D eigenvalue weighted by molar-refractivity contribution is -0.147. The number of aromatic amines is 1. The number of aromatic nitrogens is 1. The van der Waals surface area contributed by atoms with E-state index in [1.54, 1.807) is 13.3 Å². The summed E-state index contributed by atoms with van der Waals surface area (Å²) < 4.78 is 5.21. The zero-order valence-corrected chi connectivity index (χ0v) is 12.3. The second kappa shape index (κ2) is 5.71. The topological polar surface area (TPSA) is 82.6 Å². The lowest BCUT2D eigenvalue weighted by Gasteiger charge is -2.21. The van der Waals surface area contributed by atoms with Gasteiger partial charge in [-0.3, -0.25) is 4.79 Å². The minimum Gasteiger partial charge on any atom is -0.497 e. The summed E-state index contributed by atoms with van der Waals surface area (Å²) in [5.41, 5.74) is 1.79. The Labute approximate surface area is 127 Å². The summed E-state index contributed by atoms with van der Waals surface area (Å²) in [7, 11) is 1.60. The summed E-state index contributed by atoms with van der Waals surface area (Å²) in [5, 5.41) is 10.1. The molecule has 2 aromatic rings. The fraction of sp³-hybridized carbons (Fsp3) is 0.375. The number of carbonyl (C=O) groups excluding carboxylic acids is 1. The van der Waals surface area contributed by atoms with E-state index < -0.39 is 12.0 Å². The standard InChI is InChI=1S/C16H18N2O4/c1-22-11-4-5-13-12(8-11)10(9-17-13)7-15(19)18-6-2-3-14(18)16(20)21/h4-5,8-9,14,17H,2-3,6-7H2,1H3,(H,20,21)/t14-/m0/s1. The van der Waals surface area contributed by atoms with Gasteiger partial charge in [-0.1, -0.05) is 0 Å². The minimum atomic E-state index is -0.925. The number of ether oxygens (including phenoxy) is 1. The molecule has 0 radical (unpaired) electrons. The molecule has 22 heavy (non-hydrogen) atoms. The van der Waals surface area contributed by atoms with Gasteiger partial charge in [0.1, 0.15) is 11.8 Å². The van der Waals surface area contributed by atoms with Gasteiger partial charge in [-0.25, -0.2) is 4.79 Å². The van der Waals surface area contributed by atoms with E-state index in [4.69, 9.17) is 4.74 Å². The quantitative estimate of drug-likeness (QED) is 0.902. The number of methoxy groups -OCH3 is 1. The summed E-state index contributed by atoms with van der Waals surface area (Å²) in [6, 6.07) is 4.95. The first-order chi connectivity index (χ1) is 10.6. The van der Waals surface area contributed by atoms with Crippen molar-refractivity contribution in [3.8, 4) is 5.75 Å². The van der Waals surface area contributed by atoms with Gasteiger partial charge in [0.2, 0.25) is 5.91 Å². The molecule has 1 aliphatic rings. The third-order valence-electron chi connectivity index (χ3n) is 4.17. The number of amides is 1. The molecule has 0 spiro atoms. The normalized spacial score (nSPS) is 17.9. The van der Waals surface area contributed by atoms with E-state index in [1.165, 1.54) is 4.90 Å². The molecule has 0 bridgehead atoms. The Balaban J connectivity index is 1.83. The lowest BCUT2D eigenvalue weighted by atomic mass is 10.1. The maximum Gasteiger partial charge on any atom is 0.326 e. The van der Waals surface area contributed by atoms with Gasteiger partial charge in [0.25, 0.3) is 0 Å². The van der Waals surface area contributed by atoms with Gasteiger partial charge < -0.3 is 19.7 Å². The minimum absolute atomic E-state index is 0.145. The Morgan fingerprint density at radius 1 is 1.45 bits per heavy atom. The highest BCUT2D eigenvalue weighted by Gasteiger charge is 2.33. The van der Waals surface area contributed by atoms with Crippen LogP contribution in [0.2, 0.25) is 0 Å². The van der Waals surface area contributed by atoms with Crippen LogP contribution in [0, 0.1) is 0 Å². The van der Waals surface area contributed by atoms with Gasteiger partial charge >= 0.3 is 5.97 Å². The molecule has 1 fully saturated rings. The van der Waals surface area contributed by atoms with Gasteiger partial charge in [-0.2, -0.15) is 0 Å². The molecule has 1 amide bonds. The molecule has 1 atom stereocenters. The van der Waals surface area contributed by atoms with Crippen LogP contribution in [0.25, 0.3) is 10.9 Å². The molecule has 1 aromatic carbocycles. The maximum absolute atomic E-state index is 12.4. The van der Waals surface area contributed by atoms with E-state index in [0.717, 1.165) is 28.6 Å². The molecule has 1 saturated heterocycles. The smallest absolute Gasteiger partial charge is 0.326 e. The number of hydrogen-bond donors (Lipinski definition) is 2. The Hall–Kier alpha value is -2.50. The molecule has 6 nitrogen and oxygen atoms in total. The summed E-state index contributed by atoms with van der Waals surface area (Å²) in [4.78, 5) is 28.2. The molecular formula is C16H18N2O4. The third kappa shape index (κ3) is 2.52. The molecule has 0 saturated carbocycles. The van der Waals surface area contributed by atoms with Crippen molar-refractivity contribution in [2.75, 3.05) is 13.7 Å². The number of carboxylic acid groups (broad SMARTS) is 1. The van der Waals surface area contributed by atoms with E-state index in [1.807, 2.05) is 18.2 Å². The second-order valence-electron chi connectivity index (χ2n) is 5.49. The van der Waals surface area contributed by atoms with Gasteiger partial charge in [-0.05, 0) is 36.6 Å². The van der Waals surface area contributed by atoms with Crippen molar-refractivity contribution < 1.29 is 19.4 Å². The molecule has 116 valence electrons. The van der Waals surface area contributed by atoms with E-state index in [9.17, 15) is 14.7 Å². The van der Waals surface area contributed by atoms with Crippen molar-refractivity contribution in [1.82, 2.24) is 9.88 Å². The predicted octanol–water partition coefficient (Wildman–Crippen LogP) is 1.79. The summed E-state index contributed by atoms with van der Waals surface area (Å²) in [6.45, 7) is 0.515. The van der Waals surface area contributed by atoms with Gasteiger partial charge in [0.05, 0.1) is 13.5 Å². The second-order valence-corrected chi connectivity index (χ2v) is 5.49. The van der Waals surface area contributed by atoms with Gasteiger partial charge in [0.15, 0.2) is 0 Å². The molecule has 6 heteroatoms. The first kappa shape index (κ1) is 14.4. The fourth-order valence-electron chi connectivity index (χ4n) is 3.02. The van der Waals surface area contributed by atoms with E-state index in [-0.39, 0.29) is 12.3 Å². The number of likely N-dealkylation sites (tertiary alicyclic amines) is 1. The number of H-pyrrole nitrogens is 1. The number of fused-ring (bicyclic) bond motifs is 1. The lowest BCUT2D eigenvalue weighted by Crippen LogP contribution is -2.41. The fourth-order valence-corrected chi connectivity index (χ4v) is 3.02. The van der Waals surface area contributed by atoms with Gasteiger partial charge in [-0.15, -0.1) is 0 Å². The van der Waals surface area contributed by atoms with E-state index in [2.05, 4.69) is 4.98 Å². The molecule has 1 aliphatic heterocycles. The molecule has 2 heterocycles. The number of hydrogen-bond acceptors (Lipinski definition) is 3. The van der Waals surface area contributed by atoms with E-state index >= 15 is 0 Å². The number of benzene rings is 1. The summed E-state index contributed by atoms with van der Waals surface area (Å²) >= 11 is 0. The molecule has 0 unspecified atom stereocenters. The molecule has 1 aromatic heterocycles. The van der Waals surface area contributed by atoms with Crippen LogP contribution in [0.1, 0.15) is 18.4 Å². The number of rotatable bonds is 4. The number of carboxylic acids is 1. The first-order valence-electron chi connectivity index (χ1n) is 7.26. The summed E-state index contributed by atoms with van der Waals surface area (Å²) in [5.74, 6) is -0.342. The van der Waals surface area contributed by atoms with Crippen LogP contribution < -0.4 is 4.74 Å². The van der Waals surface area contributed by atoms with Crippen molar-refractivity contribution >= 4 is 22.8 Å². The number of nitrogens with zero attached hydrogens (tertiary/aromatic N) is 1. The molecule has 2 N–H and O–H groups in total. The van der Waals surface area contributed by atoms with Crippen LogP contribution in [-0.4, -0.2) is 46.6 Å². The Morgan fingerprint density at radius 3 is 3.00 bits per heavy atom. The van der Waals surface area contributed by atoms with Crippen molar-refractivity contribution in [2.45, 2.75) is 25.3 Å². The highest BCUT2D eigenvalue weighted by Crippen LogP contribution is 2.25. The monoisotopic (exact) mass is 302 g/mol. The number of aliphatic carboxylic acids is 1. The van der Waals surface area contributed by atoms with Crippen molar-refractivity contribution in [3.05, 3.63) is 30.0 Å². The Morgan fingerprint density at radius 2 is 2.27 bits per heavy atom. The highest BCUT2D eigenvalue weighted by molar-refractivity contribution is 5.91. The molecule has 3 rings (SSSR count). The molecule has 0 aliphatic carbocycles. The zero-order chi connectivity index (χ0) is 15.7.